The standard InChI is InChI=1S/C16H16O3/c17-16-9-7-13-6-8-14(10-15(13)19-16)18-11-12-4-2-1-3-5-12/h1-6,8,10,16-17H,7,9,11H2. The second-order valence-corrected chi connectivity index (χ2v) is 4.65. The molecule has 0 amide bonds. The summed E-state index contributed by atoms with van der Waals surface area (Å²) in [5.41, 5.74) is 2.25. The van der Waals surface area contributed by atoms with Crippen LogP contribution in [-0.4, -0.2) is 11.4 Å². The smallest absolute Gasteiger partial charge is 0.197 e. The first-order valence-corrected chi connectivity index (χ1v) is 6.45. The normalized spacial score (nSPS) is 17.4. The Balaban J connectivity index is 1.70. The van der Waals surface area contributed by atoms with E-state index in [0.29, 0.717) is 13.0 Å². The Hall–Kier alpha value is -2.00. The van der Waals surface area contributed by atoms with E-state index in [1.54, 1.807) is 0 Å². The van der Waals surface area contributed by atoms with Crippen LogP contribution in [0, 0.1) is 0 Å². The highest BCUT2D eigenvalue weighted by molar-refractivity contribution is 5.42. The fourth-order valence-corrected chi connectivity index (χ4v) is 2.17. The minimum atomic E-state index is -0.697. The molecule has 3 heteroatoms. The number of rotatable bonds is 3. The molecule has 2 aromatic rings. The van der Waals surface area contributed by atoms with Gasteiger partial charge in [0.2, 0.25) is 0 Å². The maximum atomic E-state index is 9.49. The number of aryl methyl sites for hydroxylation is 1. The molecule has 19 heavy (non-hydrogen) atoms. The first kappa shape index (κ1) is 12.1. The zero-order chi connectivity index (χ0) is 13.1. The Morgan fingerprint density at radius 1 is 1.16 bits per heavy atom. The Morgan fingerprint density at radius 3 is 2.84 bits per heavy atom. The van der Waals surface area contributed by atoms with Crippen LogP contribution >= 0.6 is 0 Å². The summed E-state index contributed by atoms with van der Waals surface area (Å²) in [7, 11) is 0. The molecule has 0 bridgehead atoms. The minimum absolute atomic E-state index is 0.530. The highest BCUT2D eigenvalue weighted by Gasteiger charge is 2.17. The molecule has 0 fully saturated rings. The van der Waals surface area contributed by atoms with Crippen LogP contribution in [0.2, 0.25) is 0 Å². The van der Waals surface area contributed by atoms with Crippen LogP contribution < -0.4 is 9.47 Å². The predicted octanol–water partition coefficient (Wildman–Crippen LogP) is 2.91. The molecular weight excluding hydrogens is 240 g/mol. The third kappa shape index (κ3) is 2.88. The zero-order valence-corrected chi connectivity index (χ0v) is 10.6. The highest BCUT2D eigenvalue weighted by atomic mass is 16.6. The van der Waals surface area contributed by atoms with Gasteiger partial charge in [0.15, 0.2) is 6.29 Å². The van der Waals surface area contributed by atoms with Gasteiger partial charge in [-0.15, -0.1) is 0 Å². The first-order valence-electron chi connectivity index (χ1n) is 6.45. The molecular formula is C16H16O3. The second kappa shape index (κ2) is 5.33. The van der Waals surface area contributed by atoms with E-state index in [2.05, 4.69) is 0 Å². The fraction of sp³-hybridized carbons (Fsp3) is 0.250. The van der Waals surface area contributed by atoms with E-state index < -0.39 is 6.29 Å². The van der Waals surface area contributed by atoms with Crippen molar-refractivity contribution in [2.45, 2.75) is 25.7 Å². The molecule has 0 saturated carbocycles. The Morgan fingerprint density at radius 2 is 2.00 bits per heavy atom. The fourth-order valence-electron chi connectivity index (χ4n) is 2.17. The maximum Gasteiger partial charge on any atom is 0.197 e. The molecule has 1 N–H and O–H groups in total. The largest absolute Gasteiger partial charge is 0.489 e. The Kier molecular flexibility index (Phi) is 3.38. The molecule has 1 aliphatic heterocycles. The number of benzene rings is 2. The van der Waals surface area contributed by atoms with Gasteiger partial charge in [-0.3, -0.25) is 0 Å². The van der Waals surface area contributed by atoms with Crippen LogP contribution in [0.3, 0.4) is 0 Å². The predicted molar refractivity (Wildman–Crippen MR) is 72.2 cm³/mol. The van der Waals surface area contributed by atoms with Crippen molar-refractivity contribution >= 4 is 0 Å². The minimum Gasteiger partial charge on any atom is -0.489 e. The van der Waals surface area contributed by atoms with Gasteiger partial charge in [-0.05, 0) is 23.6 Å². The van der Waals surface area contributed by atoms with Crippen molar-refractivity contribution in [1.29, 1.82) is 0 Å². The van der Waals surface area contributed by atoms with Crippen LogP contribution in [0.15, 0.2) is 48.5 Å². The van der Waals surface area contributed by atoms with Crippen molar-refractivity contribution in [1.82, 2.24) is 0 Å². The Labute approximate surface area is 112 Å². The monoisotopic (exact) mass is 256 g/mol. The topological polar surface area (TPSA) is 38.7 Å². The van der Waals surface area contributed by atoms with Gasteiger partial charge in [0.05, 0.1) is 0 Å². The van der Waals surface area contributed by atoms with Gasteiger partial charge in [-0.2, -0.15) is 0 Å². The van der Waals surface area contributed by atoms with E-state index in [9.17, 15) is 5.11 Å². The lowest BCUT2D eigenvalue weighted by atomic mass is 10.1. The second-order valence-electron chi connectivity index (χ2n) is 4.65. The number of ether oxygens (including phenoxy) is 2. The van der Waals surface area contributed by atoms with Gasteiger partial charge in [-0.1, -0.05) is 36.4 Å². The van der Waals surface area contributed by atoms with E-state index >= 15 is 0 Å². The average Bonchev–Trinajstić information content (AvgIpc) is 2.46. The third-order valence-electron chi connectivity index (χ3n) is 3.21. The van der Waals surface area contributed by atoms with Crippen molar-refractivity contribution in [3.63, 3.8) is 0 Å². The molecule has 1 unspecified atom stereocenters. The molecule has 0 aliphatic carbocycles. The van der Waals surface area contributed by atoms with Crippen molar-refractivity contribution in [2.24, 2.45) is 0 Å². The average molecular weight is 256 g/mol. The molecule has 98 valence electrons. The first-order chi connectivity index (χ1) is 9.31. The summed E-state index contributed by atoms with van der Waals surface area (Å²) in [4.78, 5) is 0. The van der Waals surface area contributed by atoms with Crippen molar-refractivity contribution in [2.75, 3.05) is 0 Å². The summed E-state index contributed by atoms with van der Waals surface area (Å²) in [6.45, 7) is 0.530. The van der Waals surface area contributed by atoms with Crippen LogP contribution in [-0.2, 0) is 13.0 Å². The molecule has 0 radical (unpaired) electrons. The summed E-state index contributed by atoms with van der Waals surface area (Å²) < 4.78 is 11.1. The lowest BCUT2D eigenvalue weighted by molar-refractivity contribution is -0.0317. The van der Waals surface area contributed by atoms with Gasteiger partial charge < -0.3 is 14.6 Å². The molecule has 0 aromatic heterocycles. The van der Waals surface area contributed by atoms with Crippen molar-refractivity contribution in [3.8, 4) is 11.5 Å². The lowest BCUT2D eigenvalue weighted by Crippen LogP contribution is -2.21. The van der Waals surface area contributed by atoms with Crippen LogP contribution in [0.4, 0.5) is 0 Å². The molecule has 0 spiro atoms. The third-order valence-corrected chi connectivity index (χ3v) is 3.21. The van der Waals surface area contributed by atoms with E-state index in [1.807, 2.05) is 48.5 Å². The van der Waals surface area contributed by atoms with Gasteiger partial charge in [0.1, 0.15) is 18.1 Å². The number of aliphatic hydroxyl groups is 1. The molecule has 3 rings (SSSR count). The van der Waals surface area contributed by atoms with E-state index in [1.165, 1.54) is 0 Å². The lowest BCUT2D eigenvalue weighted by Gasteiger charge is -2.22. The summed E-state index contributed by atoms with van der Waals surface area (Å²) >= 11 is 0. The van der Waals surface area contributed by atoms with Gasteiger partial charge in [0.25, 0.3) is 0 Å². The highest BCUT2D eigenvalue weighted by Crippen LogP contribution is 2.31. The summed E-state index contributed by atoms with van der Waals surface area (Å²) in [6, 6.07) is 15.8. The zero-order valence-electron chi connectivity index (χ0n) is 10.6. The van der Waals surface area contributed by atoms with Gasteiger partial charge in [0, 0.05) is 12.5 Å². The number of hydrogen-bond donors (Lipinski definition) is 1. The number of hydrogen-bond acceptors (Lipinski definition) is 3. The molecule has 1 aliphatic rings. The summed E-state index contributed by atoms with van der Waals surface area (Å²) in [6.07, 6.45) is 0.795. The molecule has 3 nitrogen and oxygen atoms in total. The molecule has 2 aromatic carbocycles. The Bertz CT molecular complexity index is 551. The maximum absolute atomic E-state index is 9.49. The van der Waals surface area contributed by atoms with Gasteiger partial charge >= 0.3 is 0 Å². The van der Waals surface area contributed by atoms with Crippen LogP contribution in [0.1, 0.15) is 17.5 Å². The molecule has 1 heterocycles. The quantitative estimate of drug-likeness (QED) is 0.917. The van der Waals surface area contributed by atoms with Crippen molar-refractivity contribution in [3.05, 3.63) is 59.7 Å². The van der Waals surface area contributed by atoms with Crippen LogP contribution in [0.5, 0.6) is 11.5 Å². The van der Waals surface area contributed by atoms with E-state index in [-0.39, 0.29) is 0 Å². The summed E-state index contributed by atoms with van der Waals surface area (Å²) in [5.74, 6) is 1.49. The molecule has 0 saturated heterocycles. The van der Waals surface area contributed by atoms with Crippen LogP contribution in [0.25, 0.3) is 0 Å². The summed E-state index contributed by atoms with van der Waals surface area (Å²) in [5, 5.41) is 9.49. The number of fused-ring (bicyclic) bond motifs is 1. The van der Waals surface area contributed by atoms with E-state index in [4.69, 9.17) is 9.47 Å². The number of aliphatic hydroxyl groups excluding tert-OH is 1. The molecule has 1 atom stereocenters. The van der Waals surface area contributed by atoms with Gasteiger partial charge in [-0.25, -0.2) is 0 Å². The van der Waals surface area contributed by atoms with E-state index in [0.717, 1.165) is 29.0 Å². The van der Waals surface area contributed by atoms with Crippen molar-refractivity contribution < 1.29 is 14.6 Å². The SMILES string of the molecule is OC1CCc2ccc(OCc3ccccc3)cc2O1.